The fourth-order valence-corrected chi connectivity index (χ4v) is 1.49. The summed E-state index contributed by atoms with van der Waals surface area (Å²) in [6, 6.07) is 7.31. The van der Waals surface area contributed by atoms with Crippen LogP contribution in [-0.2, 0) is 9.53 Å². The maximum absolute atomic E-state index is 11.8. The van der Waals surface area contributed by atoms with Crippen molar-refractivity contribution >= 4 is 11.6 Å². The summed E-state index contributed by atoms with van der Waals surface area (Å²) in [6.45, 7) is 4.74. The topological polar surface area (TPSA) is 59.6 Å². The van der Waals surface area contributed by atoms with Crippen LogP contribution in [0.1, 0.15) is 13.8 Å². The quantitative estimate of drug-likeness (QED) is 0.788. The molecule has 0 aliphatic carbocycles. The first-order chi connectivity index (χ1) is 8.98. The summed E-state index contributed by atoms with van der Waals surface area (Å²) in [4.78, 5) is 11.8. The number of methoxy groups -OCH3 is 2. The molecular weight excluding hydrogens is 244 g/mol. The molecule has 0 aromatic heterocycles. The van der Waals surface area contributed by atoms with E-state index >= 15 is 0 Å². The molecule has 0 heterocycles. The number of hydrogen-bond acceptors (Lipinski definition) is 4. The van der Waals surface area contributed by atoms with Gasteiger partial charge < -0.3 is 20.1 Å². The number of ether oxygens (including phenoxy) is 2. The lowest BCUT2D eigenvalue weighted by Crippen LogP contribution is -2.40. The molecule has 5 nitrogen and oxygen atoms in total. The van der Waals surface area contributed by atoms with Gasteiger partial charge in [0.15, 0.2) is 0 Å². The molecule has 1 aromatic carbocycles. The van der Waals surface area contributed by atoms with Crippen LogP contribution in [0.2, 0.25) is 0 Å². The maximum atomic E-state index is 11.8. The van der Waals surface area contributed by atoms with Gasteiger partial charge in [0.25, 0.3) is 0 Å². The predicted molar refractivity (Wildman–Crippen MR) is 75.6 cm³/mol. The van der Waals surface area contributed by atoms with Crippen molar-refractivity contribution in [2.24, 2.45) is 0 Å². The highest BCUT2D eigenvalue weighted by atomic mass is 16.5. The zero-order valence-corrected chi connectivity index (χ0v) is 11.9. The Kier molecular flexibility index (Phi) is 5.79. The molecule has 0 aliphatic heterocycles. The Labute approximate surface area is 114 Å². The molecule has 1 rings (SSSR count). The van der Waals surface area contributed by atoms with E-state index in [4.69, 9.17) is 9.47 Å². The van der Waals surface area contributed by atoms with Crippen molar-refractivity contribution in [2.45, 2.75) is 19.4 Å². The number of anilines is 1. The van der Waals surface area contributed by atoms with Gasteiger partial charge in [-0.25, -0.2) is 0 Å². The first-order valence-corrected chi connectivity index (χ1v) is 6.17. The molecule has 0 saturated carbocycles. The van der Waals surface area contributed by atoms with E-state index in [1.165, 1.54) is 0 Å². The van der Waals surface area contributed by atoms with Crippen molar-refractivity contribution in [3.05, 3.63) is 24.3 Å². The molecule has 5 heteroatoms. The highest BCUT2D eigenvalue weighted by Gasteiger charge is 2.16. The number of carbonyl (C=O) groups is 1. The molecule has 0 fully saturated rings. The van der Waals surface area contributed by atoms with Crippen molar-refractivity contribution in [2.75, 3.05) is 32.6 Å². The number of rotatable bonds is 7. The van der Waals surface area contributed by atoms with Crippen LogP contribution in [0.4, 0.5) is 5.69 Å². The van der Waals surface area contributed by atoms with Crippen molar-refractivity contribution in [1.29, 1.82) is 0 Å². The Morgan fingerprint density at radius 1 is 1.26 bits per heavy atom. The third kappa shape index (κ3) is 5.28. The first kappa shape index (κ1) is 15.5. The van der Waals surface area contributed by atoms with Crippen LogP contribution >= 0.6 is 0 Å². The lowest BCUT2D eigenvalue weighted by molar-refractivity contribution is -0.115. The lowest BCUT2D eigenvalue weighted by atomic mass is 10.1. The lowest BCUT2D eigenvalue weighted by Gasteiger charge is -2.23. The van der Waals surface area contributed by atoms with Gasteiger partial charge in [0, 0.05) is 13.7 Å². The number of benzene rings is 1. The van der Waals surface area contributed by atoms with Crippen molar-refractivity contribution in [1.82, 2.24) is 5.32 Å². The predicted octanol–water partition coefficient (Wildman–Crippen LogP) is 1.65. The summed E-state index contributed by atoms with van der Waals surface area (Å²) in [5.74, 6) is 0.532. The van der Waals surface area contributed by atoms with E-state index < -0.39 is 0 Å². The Hall–Kier alpha value is -1.59. The minimum atomic E-state index is -0.287. The molecule has 1 aromatic rings. The molecule has 0 unspecified atom stereocenters. The van der Waals surface area contributed by atoms with Crippen LogP contribution < -0.4 is 15.4 Å². The standard InChI is InChI=1S/C14H22N2O3/c1-14(2,19-4)10-15-9-13(17)16-11-7-5-6-8-12(11)18-3/h5-8,15H,9-10H2,1-4H3,(H,16,17). The molecule has 2 N–H and O–H groups in total. The van der Waals surface area contributed by atoms with Crippen LogP contribution in [0.25, 0.3) is 0 Å². The smallest absolute Gasteiger partial charge is 0.238 e. The van der Waals surface area contributed by atoms with Gasteiger partial charge in [-0.15, -0.1) is 0 Å². The molecule has 0 spiro atoms. The van der Waals surface area contributed by atoms with Gasteiger partial charge in [0.1, 0.15) is 5.75 Å². The minimum Gasteiger partial charge on any atom is -0.495 e. The molecule has 19 heavy (non-hydrogen) atoms. The Morgan fingerprint density at radius 3 is 2.58 bits per heavy atom. The normalized spacial score (nSPS) is 11.2. The third-order valence-corrected chi connectivity index (χ3v) is 2.77. The number of carbonyl (C=O) groups excluding carboxylic acids is 1. The molecular formula is C14H22N2O3. The maximum Gasteiger partial charge on any atom is 0.238 e. The zero-order chi connectivity index (χ0) is 14.3. The van der Waals surface area contributed by atoms with Gasteiger partial charge >= 0.3 is 0 Å². The summed E-state index contributed by atoms with van der Waals surface area (Å²) in [7, 11) is 3.22. The second-order valence-electron chi connectivity index (χ2n) is 4.82. The average molecular weight is 266 g/mol. The Bertz CT molecular complexity index is 419. The SMILES string of the molecule is COc1ccccc1NC(=O)CNCC(C)(C)OC. The second kappa shape index (κ2) is 7.11. The minimum absolute atomic E-state index is 0.114. The summed E-state index contributed by atoms with van der Waals surface area (Å²) < 4.78 is 10.4. The van der Waals surface area contributed by atoms with E-state index in [2.05, 4.69) is 10.6 Å². The summed E-state index contributed by atoms with van der Waals surface area (Å²) in [5.41, 5.74) is 0.382. The summed E-state index contributed by atoms with van der Waals surface area (Å²) >= 11 is 0. The fraction of sp³-hybridized carbons (Fsp3) is 0.500. The molecule has 0 saturated heterocycles. The van der Waals surface area contributed by atoms with Gasteiger partial charge in [-0.1, -0.05) is 12.1 Å². The third-order valence-electron chi connectivity index (χ3n) is 2.77. The molecule has 106 valence electrons. The molecule has 0 bridgehead atoms. The Morgan fingerprint density at radius 2 is 1.95 bits per heavy atom. The van der Waals surface area contributed by atoms with Crippen LogP contribution in [0.3, 0.4) is 0 Å². The number of hydrogen-bond donors (Lipinski definition) is 2. The van der Waals surface area contributed by atoms with Crippen LogP contribution in [0.15, 0.2) is 24.3 Å². The van der Waals surface area contributed by atoms with E-state index in [0.29, 0.717) is 18.0 Å². The fourth-order valence-electron chi connectivity index (χ4n) is 1.49. The highest BCUT2D eigenvalue weighted by molar-refractivity contribution is 5.93. The van der Waals surface area contributed by atoms with E-state index in [1.54, 1.807) is 26.4 Å². The van der Waals surface area contributed by atoms with Crippen molar-refractivity contribution in [3.8, 4) is 5.75 Å². The summed E-state index contributed by atoms with van der Waals surface area (Å²) in [6.07, 6.45) is 0. The van der Waals surface area contributed by atoms with Gasteiger partial charge in [0.2, 0.25) is 5.91 Å². The molecule has 0 radical (unpaired) electrons. The van der Waals surface area contributed by atoms with Crippen molar-refractivity contribution in [3.63, 3.8) is 0 Å². The van der Waals surface area contributed by atoms with E-state index in [-0.39, 0.29) is 18.1 Å². The van der Waals surface area contributed by atoms with E-state index in [0.717, 1.165) is 0 Å². The van der Waals surface area contributed by atoms with Gasteiger partial charge in [-0.2, -0.15) is 0 Å². The number of para-hydroxylation sites is 2. The van der Waals surface area contributed by atoms with Crippen LogP contribution in [0, 0.1) is 0 Å². The molecule has 1 amide bonds. The average Bonchev–Trinajstić information content (AvgIpc) is 2.39. The largest absolute Gasteiger partial charge is 0.495 e. The van der Waals surface area contributed by atoms with Crippen LogP contribution in [-0.4, -0.2) is 38.8 Å². The number of nitrogens with one attached hydrogen (secondary N) is 2. The van der Waals surface area contributed by atoms with Gasteiger partial charge in [-0.3, -0.25) is 4.79 Å². The summed E-state index contributed by atoms with van der Waals surface area (Å²) in [5, 5.41) is 5.85. The monoisotopic (exact) mass is 266 g/mol. The molecule has 0 atom stereocenters. The van der Waals surface area contributed by atoms with E-state index in [1.807, 2.05) is 26.0 Å². The molecule has 0 aliphatic rings. The number of amides is 1. The zero-order valence-electron chi connectivity index (χ0n) is 11.9. The van der Waals surface area contributed by atoms with Crippen LogP contribution in [0.5, 0.6) is 5.75 Å². The van der Waals surface area contributed by atoms with Crippen molar-refractivity contribution < 1.29 is 14.3 Å². The first-order valence-electron chi connectivity index (χ1n) is 6.17. The van der Waals surface area contributed by atoms with Gasteiger partial charge in [-0.05, 0) is 26.0 Å². The van der Waals surface area contributed by atoms with Gasteiger partial charge in [0.05, 0.1) is 24.9 Å². The highest BCUT2D eigenvalue weighted by Crippen LogP contribution is 2.22. The Balaban J connectivity index is 2.43. The van der Waals surface area contributed by atoms with E-state index in [9.17, 15) is 4.79 Å². The second-order valence-corrected chi connectivity index (χ2v) is 4.82.